The summed E-state index contributed by atoms with van der Waals surface area (Å²) in [6.45, 7) is 7.66. The molecule has 0 unspecified atom stereocenters. The minimum absolute atomic E-state index is 0.0219. The first-order valence-electron chi connectivity index (χ1n) is 10.1. The van der Waals surface area contributed by atoms with Gasteiger partial charge < -0.3 is 20.0 Å². The van der Waals surface area contributed by atoms with Crippen molar-refractivity contribution < 1.29 is 14.4 Å². The molecule has 0 aromatic heterocycles. The van der Waals surface area contributed by atoms with Gasteiger partial charge in [-0.05, 0) is 45.2 Å². The van der Waals surface area contributed by atoms with E-state index in [1.54, 1.807) is 4.90 Å². The zero-order valence-electron chi connectivity index (χ0n) is 16.9. The summed E-state index contributed by atoms with van der Waals surface area (Å²) in [5.74, 6) is -0.346. The number of amides is 4. The molecule has 3 rings (SSSR count). The van der Waals surface area contributed by atoms with Gasteiger partial charge in [0.25, 0.3) is 5.91 Å². The van der Waals surface area contributed by atoms with Gasteiger partial charge in [0, 0.05) is 44.8 Å². The Labute approximate surface area is 166 Å². The first-order valence-corrected chi connectivity index (χ1v) is 10.1. The molecule has 1 N–H and O–H groups in total. The molecule has 28 heavy (non-hydrogen) atoms. The Morgan fingerprint density at radius 2 is 1.32 bits per heavy atom. The van der Waals surface area contributed by atoms with Crippen LogP contribution >= 0.6 is 0 Å². The van der Waals surface area contributed by atoms with Gasteiger partial charge in [-0.25, -0.2) is 4.79 Å². The summed E-state index contributed by atoms with van der Waals surface area (Å²) in [7, 11) is 0. The van der Waals surface area contributed by atoms with Gasteiger partial charge in [-0.3, -0.25) is 9.59 Å². The molecule has 4 amide bonds. The highest BCUT2D eigenvalue weighted by Crippen LogP contribution is 2.13. The molecule has 0 atom stereocenters. The third kappa shape index (κ3) is 5.03. The Kier molecular flexibility index (Phi) is 6.54. The van der Waals surface area contributed by atoms with E-state index in [2.05, 4.69) is 5.32 Å². The summed E-state index contributed by atoms with van der Waals surface area (Å²) in [5.41, 5.74) is 2.61. The number of aryl methyl sites for hydroxylation is 2. The van der Waals surface area contributed by atoms with Crippen LogP contribution in [0, 0.1) is 13.8 Å². The van der Waals surface area contributed by atoms with Crippen molar-refractivity contribution in [3.63, 3.8) is 0 Å². The molecule has 0 aliphatic carbocycles. The van der Waals surface area contributed by atoms with Crippen molar-refractivity contribution in [1.82, 2.24) is 20.0 Å². The normalized spacial score (nSPS) is 17.4. The lowest BCUT2D eigenvalue weighted by Crippen LogP contribution is -2.55. The SMILES string of the molecule is Cc1cc(C)cc(C(=O)NCC(=O)N2CCN(C(=O)N3CCCCC3)CC2)c1. The predicted octanol–water partition coefficient (Wildman–Crippen LogP) is 1.78. The van der Waals surface area contributed by atoms with Crippen molar-refractivity contribution in [3.05, 3.63) is 34.9 Å². The van der Waals surface area contributed by atoms with Crippen LogP contribution < -0.4 is 5.32 Å². The quantitative estimate of drug-likeness (QED) is 0.861. The molecule has 7 nitrogen and oxygen atoms in total. The summed E-state index contributed by atoms with van der Waals surface area (Å²) >= 11 is 0. The molecule has 2 saturated heterocycles. The summed E-state index contributed by atoms with van der Waals surface area (Å²) in [5, 5.41) is 2.72. The number of benzene rings is 1. The molecule has 1 aromatic carbocycles. The van der Waals surface area contributed by atoms with Crippen LogP contribution in [0.3, 0.4) is 0 Å². The molecular formula is C21H30N4O3. The summed E-state index contributed by atoms with van der Waals surface area (Å²) in [6.07, 6.45) is 3.34. The Bertz CT molecular complexity index is 715. The first kappa shape index (κ1) is 20.2. The maximum Gasteiger partial charge on any atom is 0.320 e. The van der Waals surface area contributed by atoms with Gasteiger partial charge in [0.15, 0.2) is 0 Å². The number of nitrogens with zero attached hydrogens (tertiary/aromatic N) is 3. The van der Waals surface area contributed by atoms with E-state index in [0.717, 1.165) is 37.1 Å². The minimum Gasteiger partial charge on any atom is -0.343 e. The van der Waals surface area contributed by atoms with Crippen molar-refractivity contribution in [1.29, 1.82) is 0 Å². The van der Waals surface area contributed by atoms with E-state index < -0.39 is 0 Å². The number of rotatable bonds is 3. The fourth-order valence-electron chi connectivity index (χ4n) is 3.91. The van der Waals surface area contributed by atoms with Gasteiger partial charge in [-0.1, -0.05) is 17.2 Å². The van der Waals surface area contributed by atoms with E-state index >= 15 is 0 Å². The van der Waals surface area contributed by atoms with Crippen LogP contribution in [0.15, 0.2) is 18.2 Å². The summed E-state index contributed by atoms with van der Waals surface area (Å²) in [6, 6.07) is 5.73. The van der Waals surface area contributed by atoms with Gasteiger partial charge in [0.05, 0.1) is 6.54 Å². The highest BCUT2D eigenvalue weighted by Gasteiger charge is 2.27. The maximum atomic E-state index is 12.5. The topological polar surface area (TPSA) is 73.0 Å². The molecule has 2 heterocycles. The van der Waals surface area contributed by atoms with E-state index in [1.165, 1.54) is 6.42 Å². The minimum atomic E-state index is -0.237. The monoisotopic (exact) mass is 386 g/mol. The van der Waals surface area contributed by atoms with E-state index in [4.69, 9.17) is 0 Å². The Morgan fingerprint density at radius 1 is 0.786 bits per heavy atom. The van der Waals surface area contributed by atoms with E-state index in [1.807, 2.05) is 41.8 Å². The Hall–Kier alpha value is -2.57. The van der Waals surface area contributed by atoms with Gasteiger partial charge >= 0.3 is 6.03 Å². The molecule has 0 bridgehead atoms. The molecular weight excluding hydrogens is 356 g/mol. The number of nitrogens with one attached hydrogen (secondary N) is 1. The molecule has 1 aromatic rings. The van der Waals surface area contributed by atoms with Crippen molar-refractivity contribution in [3.8, 4) is 0 Å². The maximum absolute atomic E-state index is 12.5. The standard InChI is InChI=1S/C21H30N4O3/c1-16-12-17(2)14-18(13-16)20(27)22-15-19(26)23-8-10-25(11-9-23)21(28)24-6-4-3-5-7-24/h12-14H,3-11,15H2,1-2H3,(H,22,27). The fourth-order valence-corrected chi connectivity index (χ4v) is 3.91. The van der Waals surface area contributed by atoms with Gasteiger partial charge in [0.2, 0.25) is 5.91 Å². The van der Waals surface area contributed by atoms with Gasteiger partial charge in [-0.2, -0.15) is 0 Å². The van der Waals surface area contributed by atoms with Crippen LogP contribution in [-0.2, 0) is 4.79 Å². The van der Waals surface area contributed by atoms with Gasteiger partial charge in [0.1, 0.15) is 0 Å². The van der Waals surface area contributed by atoms with E-state index in [-0.39, 0.29) is 24.4 Å². The molecule has 0 saturated carbocycles. The largest absolute Gasteiger partial charge is 0.343 e. The van der Waals surface area contributed by atoms with Crippen LogP contribution in [0.2, 0.25) is 0 Å². The number of piperidine rings is 1. The number of urea groups is 1. The van der Waals surface area contributed by atoms with Gasteiger partial charge in [-0.15, -0.1) is 0 Å². The second-order valence-corrected chi connectivity index (χ2v) is 7.76. The van der Waals surface area contributed by atoms with Crippen molar-refractivity contribution in [2.75, 3.05) is 45.8 Å². The average molecular weight is 386 g/mol. The lowest BCUT2D eigenvalue weighted by atomic mass is 10.1. The van der Waals surface area contributed by atoms with Crippen LogP contribution in [0.5, 0.6) is 0 Å². The number of likely N-dealkylation sites (tertiary alicyclic amines) is 1. The smallest absolute Gasteiger partial charge is 0.320 e. The highest BCUT2D eigenvalue weighted by atomic mass is 16.2. The van der Waals surface area contributed by atoms with Crippen LogP contribution in [0.4, 0.5) is 4.79 Å². The molecule has 2 aliphatic heterocycles. The Morgan fingerprint density at radius 3 is 1.93 bits per heavy atom. The second-order valence-electron chi connectivity index (χ2n) is 7.76. The molecule has 152 valence electrons. The number of piperazine rings is 1. The summed E-state index contributed by atoms with van der Waals surface area (Å²) < 4.78 is 0. The van der Waals surface area contributed by atoms with E-state index in [9.17, 15) is 14.4 Å². The third-order valence-electron chi connectivity index (χ3n) is 5.41. The lowest BCUT2D eigenvalue weighted by molar-refractivity contribution is -0.131. The lowest BCUT2D eigenvalue weighted by Gasteiger charge is -2.38. The molecule has 0 spiro atoms. The summed E-state index contributed by atoms with van der Waals surface area (Å²) in [4.78, 5) is 42.8. The molecule has 2 aliphatic rings. The van der Waals surface area contributed by atoms with Crippen LogP contribution in [0.25, 0.3) is 0 Å². The third-order valence-corrected chi connectivity index (χ3v) is 5.41. The molecule has 7 heteroatoms. The van der Waals surface area contributed by atoms with Crippen molar-refractivity contribution in [2.45, 2.75) is 33.1 Å². The number of hydrogen-bond acceptors (Lipinski definition) is 3. The van der Waals surface area contributed by atoms with Crippen LogP contribution in [-0.4, -0.2) is 78.4 Å². The second kappa shape index (κ2) is 9.08. The average Bonchev–Trinajstić information content (AvgIpc) is 2.71. The fraction of sp³-hybridized carbons (Fsp3) is 0.571. The molecule has 2 fully saturated rings. The predicted molar refractivity (Wildman–Crippen MR) is 107 cm³/mol. The zero-order valence-corrected chi connectivity index (χ0v) is 16.9. The first-order chi connectivity index (χ1) is 13.4. The van der Waals surface area contributed by atoms with Crippen molar-refractivity contribution >= 4 is 17.8 Å². The van der Waals surface area contributed by atoms with Crippen LogP contribution in [0.1, 0.15) is 40.7 Å². The number of carbonyl (C=O) groups excluding carboxylic acids is 3. The Balaban J connectivity index is 1.44. The highest BCUT2D eigenvalue weighted by molar-refractivity contribution is 5.96. The molecule has 0 radical (unpaired) electrons. The number of carbonyl (C=O) groups is 3. The van der Waals surface area contributed by atoms with E-state index in [0.29, 0.717) is 31.7 Å². The number of hydrogen-bond donors (Lipinski definition) is 1. The van der Waals surface area contributed by atoms with Crippen molar-refractivity contribution in [2.24, 2.45) is 0 Å². The zero-order chi connectivity index (χ0) is 20.1.